The zero-order valence-electron chi connectivity index (χ0n) is 8.28. The molecule has 72 valence electrons. The van der Waals surface area contributed by atoms with Crippen molar-refractivity contribution in [2.45, 2.75) is 13.8 Å². The molecule has 0 saturated heterocycles. The third-order valence-electron chi connectivity index (χ3n) is 1.93. The topological polar surface area (TPSA) is 26.3 Å². The molecule has 0 aromatic heterocycles. The Morgan fingerprint density at radius 3 is 2.54 bits per heavy atom. The minimum atomic E-state index is -2.58. The SMILES string of the molecule is CCOP(C)(=O)c1ccccc1C. The van der Waals surface area contributed by atoms with Crippen LogP contribution in [-0.2, 0) is 9.09 Å². The molecule has 0 bridgehead atoms. The van der Waals surface area contributed by atoms with Gasteiger partial charge in [-0.25, -0.2) is 0 Å². The predicted molar refractivity (Wildman–Crippen MR) is 56.0 cm³/mol. The van der Waals surface area contributed by atoms with Crippen molar-refractivity contribution in [3.05, 3.63) is 29.8 Å². The van der Waals surface area contributed by atoms with E-state index in [0.29, 0.717) is 6.61 Å². The number of aryl methyl sites for hydroxylation is 1. The Kier molecular flexibility index (Phi) is 3.29. The zero-order valence-corrected chi connectivity index (χ0v) is 9.17. The summed E-state index contributed by atoms with van der Waals surface area (Å²) < 4.78 is 17.3. The minimum absolute atomic E-state index is 0.488. The molecular weight excluding hydrogens is 183 g/mol. The highest BCUT2D eigenvalue weighted by molar-refractivity contribution is 7.66. The monoisotopic (exact) mass is 198 g/mol. The lowest BCUT2D eigenvalue weighted by atomic mass is 10.2. The summed E-state index contributed by atoms with van der Waals surface area (Å²) in [5, 5.41) is 0.830. The predicted octanol–water partition coefficient (Wildman–Crippen LogP) is 2.56. The van der Waals surface area contributed by atoms with E-state index in [0.717, 1.165) is 10.9 Å². The second-order valence-electron chi connectivity index (χ2n) is 3.05. The zero-order chi connectivity index (χ0) is 9.90. The number of hydrogen-bond donors (Lipinski definition) is 0. The van der Waals surface area contributed by atoms with E-state index in [1.807, 2.05) is 38.1 Å². The summed E-state index contributed by atoms with van der Waals surface area (Å²) in [5.41, 5.74) is 1.03. The summed E-state index contributed by atoms with van der Waals surface area (Å²) in [5.74, 6) is 0. The second-order valence-corrected chi connectivity index (χ2v) is 5.48. The van der Waals surface area contributed by atoms with Crippen molar-refractivity contribution >= 4 is 12.7 Å². The molecule has 0 N–H and O–H groups in total. The van der Waals surface area contributed by atoms with Crippen LogP contribution in [0.3, 0.4) is 0 Å². The van der Waals surface area contributed by atoms with E-state index in [-0.39, 0.29) is 0 Å². The van der Waals surface area contributed by atoms with Crippen molar-refractivity contribution < 1.29 is 9.09 Å². The first kappa shape index (κ1) is 10.5. The van der Waals surface area contributed by atoms with Crippen LogP contribution in [0.15, 0.2) is 24.3 Å². The summed E-state index contributed by atoms with van der Waals surface area (Å²) in [6.45, 7) is 5.96. The van der Waals surface area contributed by atoms with Gasteiger partial charge in [0.2, 0.25) is 7.37 Å². The summed E-state index contributed by atoms with van der Waals surface area (Å²) in [6, 6.07) is 7.64. The Morgan fingerprint density at radius 1 is 1.38 bits per heavy atom. The maximum absolute atomic E-state index is 12.0. The Labute approximate surface area is 79.4 Å². The van der Waals surface area contributed by atoms with Crippen LogP contribution in [0.25, 0.3) is 0 Å². The molecule has 0 fully saturated rings. The Hall–Kier alpha value is -0.590. The third kappa shape index (κ3) is 2.43. The van der Waals surface area contributed by atoms with E-state index in [1.165, 1.54) is 0 Å². The van der Waals surface area contributed by atoms with Crippen molar-refractivity contribution in [3.63, 3.8) is 0 Å². The fourth-order valence-electron chi connectivity index (χ4n) is 1.34. The van der Waals surface area contributed by atoms with E-state index in [9.17, 15) is 4.57 Å². The lowest BCUT2D eigenvalue weighted by molar-refractivity contribution is 0.344. The van der Waals surface area contributed by atoms with Gasteiger partial charge in [-0.3, -0.25) is 4.57 Å². The van der Waals surface area contributed by atoms with Gasteiger partial charge in [0.15, 0.2) is 0 Å². The molecule has 0 amide bonds. The molecule has 0 saturated carbocycles. The molecule has 1 aromatic rings. The molecule has 1 aromatic carbocycles. The van der Waals surface area contributed by atoms with E-state index in [2.05, 4.69) is 0 Å². The van der Waals surface area contributed by atoms with Gasteiger partial charge in [-0.15, -0.1) is 0 Å². The van der Waals surface area contributed by atoms with E-state index >= 15 is 0 Å². The first-order chi connectivity index (χ1) is 6.08. The van der Waals surface area contributed by atoms with Crippen molar-refractivity contribution in [3.8, 4) is 0 Å². The van der Waals surface area contributed by atoms with E-state index < -0.39 is 7.37 Å². The van der Waals surface area contributed by atoms with Crippen molar-refractivity contribution in [1.29, 1.82) is 0 Å². The Morgan fingerprint density at radius 2 is 2.00 bits per heavy atom. The van der Waals surface area contributed by atoms with Gasteiger partial charge in [0.1, 0.15) is 0 Å². The number of rotatable bonds is 3. The van der Waals surface area contributed by atoms with Crippen LogP contribution < -0.4 is 5.30 Å². The molecule has 0 spiro atoms. The normalized spacial score (nSPS) is 15.3. The van der Waals surface area contributed by atoms with Crippen LogP contribution in [0.1, 0.15) is 12.5 Å². The lowest BCUT2D eigenvalue weighted by Crippen LogP contribution is -2.09. The summed E-state index contributed by atoms with van der Waals surface area (Å²) >= 11 is 0. The summed E-state index contributed by atoms with van der Waals surface area (Å²) in [7, 11) is -2.58. The minimum Gasteiger partial charge on any atom is -0.326 e. The van der Waals surface area contributed by atoms with Gasteiger partial charge in [-0.2, -0.15) is 0 Å². The second kappa shape index (κ2) is 4.08. The van der Waals surface area contributed by atoms with Crippen LogP contribution in [0.2, 0.25) is 0 Å². The molecule has 2 nitrogen and oxygen atoms in total. The number of hydrogen-bond acceptors (Lipinski definition) is 2. The quantitative estimate of drug-likeness (QED) is 0.698. The molecule has 13 heavy (non-hydrogen) atoms. The standard InChI is InChI=1S/C10H15O2P/c1-4-12-13(3,11)10-8-6-5-7-9(10)2/h5-8H,4H2,1-3H3. The maximum Gasteiger partial charge on any atom is 0.229 e. The third-order valence-corrected chi connectivity index (χ3v) is 4.06. The molecule has 3 heteroatoms. The lowest BCUT2D eigenvalue weighted by Gasteiger charge is -2.14. The molecule has 0 radical (unpaired) electrons. The maximum atomic E-state index is 12.0. The van der Waals surface area contributed by atoms with Crippen molar-refractivity contribution in [1.82, 2.24) is 0 Å². The average molecular weight is 198 g/mol. The molecule has 0 aliphatic rings. The number of benzene rings is 1. The van der Waals surface area contributed by atoms with Crippen molar-refractivity contribution in [2.75, 3.05) is 13.3 Å². The van der Waals surface area contributed by atoms with Gasteiger partial charge in [0.25, 0.3) is 0 Å². The average Bonchev–Trinajstić information content (AvgIpc) is 2.04. The highest BCUT2D eigenvalue weighted by atomic mass is 31.2. The molecule has 1 unspecified atom stereocenters. The van der Waals surface area contributed by atoms with E-state index in [1.54, 1.807) is 6.66 Å². The fourth-order valence-corrected chi connectivity index (χ4v) is 3.04. The van der Waals surface area contributed by atoms with Crippen LogP contribution in [-0.4, -0.2) is 13.3 Å². The van der Waals surface area contributed by atoms with Crippen LogP contribution in [0.5, 0.6) is 0 Å². The van der Waals surface area contributed by atoms with E-state index in [4.69, 9.17) is 4.52 Å². The molecule has 0 heterocycles. The molecule has 1 atom stereocenters. The fraction of sp³-hybridized carbons (Fsp3) is 0.400. The van der Waals surface area contributed by atoms with Gasteiger partial charge < -0.3 is 4.52 Å². The van der Waals surface area contributed by atoms with Crippen LogP contribution >= 0.6 is 7.37 Å². The van der Waals surface area contributed by atoms with Crippen LogP contribution in [0, 0.1) is 6.92 Å². The smallest absolute Gasteiger partial charge is 0.229 e. The summed E-state index contributed by atoms with van der Waals surface area (Å²) in [4.78, 5) is 0. The van der Waals surface area contributed by atoms with Gasteiger partial charge in [-0.05, 0) is 25.5 Å². The molecular formula is C10H15O2P. The largest absolute Gasteiger partial charge is 0.326 e. The van der Waals surface area contributed by atoms with Gasteiger partial charge >= 0.3 is 0 Å². The van der Waals surface area contributed by atoms with Gasteiger partial charge in [-0.1, -0.05) is 18.2 Å². The first-order valence-corrected chi connectivity index (χ1v) is 6.43. The molecule has 1 rings (SSSR count). The summed E-state index contributed by atoms with van der Waals surface area (Å²) in [6.07, 6.45) is 0. The van der Waals surface area contributed by atoms with Crippen molar-refractivity contribution in [2.24, 2.45) is 0 Å². The Balaban J connectivity index is 3.07. The Bertz CT molecular complexity index is 333. The van der Waals surface area contributed by atoms with Gasteiger partial charge in [0.05, 0.1) is 6.61 Å². The highest BCUT2D eigenvalue weighted by Crippen LogP contribution is 2.41. The molecule has 0 aliphatic heterocycles. The van der Waals surface area contributed by atoms with Gasteiger partial charge in [0, 0.05) is 12.0 Å². The first-order valence-electron chi connectivity index (χ1n) is 4.36. The highest BCUT2D eigenvalue weighted by Gasteiger charge is 2.19. The molecule has 0 aliphatic carbocycles. The van der Waals surface area contributed by atoms with Crippen LogP contribution in [0.4, 0.5) is 0 Å².